The lowest BCUT2D eigenvalue weighted by Gasteiger charge is -2.25. The number of rotatable bonds is 4. The number of nitrogens with zero attached hydrogens (tertiary/aromatic N) is 2. The van der Waals surface area contributed by atoms with Crippen molar-refractivity contribution in [1.29, 1.82) is 0 Å². The van der Waals surface area contributed by atoms with Crippen molar-refractivity contribution in [3.05, 3.63) is 53.3 Å². The second-order valence-corrected chi connectivity index (χ2v) is 5.80. The van der Waals surface area contributed by atoms with Gasteiger partial charge in [-0.25, -0.2) is 0 Å². The minimum Gasteiger partial charge on any atom is -0.324 e. The van der Waals surface area contributed by atoms with Gasteiger partial charge in [-0.1, -0.05) is 31.2 Å². The molecule has 0 amide bonds. The van der Waals surface area contributed by atoms with Gasteiger partial charge in [-0.2, -0.15) is 5.10 Å². The molecule has 0 spiro atoms. The van der Waals surface area contributed by atoms with Crippen LogP contribution in [0, 0.1) is 0 Å². The lowest BCUT2D eigenvalue weighted by Crippen LogP contribution is -2.16. The van der Waals surface area contributed by atoms with Crippen LogP contribution >= 0.6 is 0 Å². The topological polar surface area (TPSA) is 43.8 Å². The average molecular weight is 269 g/mol. The minimum absolute atomic E-state index is 0.113. The van der Waals surface area contributed by atoms with Crippen molar-refractivity contribution in [2.75, 3.05) is 0 Å². The van der Waals surface area contributed by atoms with E-state index in [0.717, 1.165) is 18.5 Å². The summed E-state index contributed by atoms with van der Waals surface area (Å²) in [6, 6.07) is 8.96. The molecule has 0 bridgehead atoms. The highest BCUT2D eigenvalue weighted by molar-refractivity contribution is 5.32. The first-order chi connectivity index (χ1) is 9.78. The van der Waals surface area contributed by atoms with E-state index in [-0.39, 0.29) is 6.04 Å². The van der Waals surface area contributed by atoms with Crippen LogP contribution in [-0.4, -0.2) is 9.78 Å². The molecule has 0 radical (unpaired) electrons. The van der Waals surface area contributed by atoms with Crippen LogP contribution in [0.5, 0.6) is 0 Å². The fourth-order valence-electron chi connectivity index (χ4n) is 3.18. The van der Waals surface area contributed by atoms with Crippen molar-refractivity contribution in [2.24, 2.45) is 5.73 Å². The third-order valence-electron chi connectivity index (χ3n) is 4.42. The molecule has 3 nitrogen and oxygen atoms in total. The maximum absolute atomic E-state index is 6.06. The van der Waals surface area contributed by atoms with E-state index < -0.39 is 0 Å². The number of aryl methyl sites for hydroxylation is 1. The first kappa shape index (κ1) is 13.4. The van der Waals surface area contributed by atoms with Gasteiger partial charge in [0.2, 0.25) is 0 Å². The number of fused-ring (bicyclic) bond motifs is 1. The molecule has 1 heterocycles. The van der Waals surface area contributed by atoms with Crippen LogP contribution < -0.4 is 5.73 Å². The van der Waals surface area contributed by atoms with Crippen molar-refractivity contribution >= 4 is 0 Å². The molecule has 20 heavy (non-hydrogen) atoms. The fraction of sp³-hybridized carbons (Fsp3) is 0.471. The van der Waals surface area contributed by atoms with Gasteiger partial charge in [0.1, 0.15) is 0 Å². The second kappa shape index (κ2) is 5.80. The van der Waals surface area contributed by atoms with Gasteiger partial charge in [0, 0.05) is 30.3 Å². The zero-order chi connectivity index (χ0) is 13.9. The Morgan fingerprint density at radius 3 is 3.10 bits per heavy atom. The number of aromatic nitrogens is 2. The SMILES string of the molecule is CCC(N)c1cnn(CC2CCCc3ccccc32)c1. The Morgan fingerprint density at radius 2 is 2.25 bits per heavy atom. The lowest BCUT2D eigenvalue weighted by atomic mass is 9.83. The molecule has 2 N–H and O–H groups in total. The highest BCUT2D eigenvalue weighted by Gasteiger charge is 2.20. The zero-order valence-corrected chi connectivity index (χ0v) is 12.1. The van der Waals surface area contributed by atoms with Gasteiger partial charge in [0.15, 0.2) is 0 Å². The van der Waals surface area contributed by atoms with E-state index in [1.54, 1.807) is 0 Å². The summed E-state index contributed by atoms with van der Waals surface area (Å²) in [5.41, 5.74) is 10.2. The highest BCUT2D eigenvalue weighted by Crippen LogP contribution is 2.32. The fourth-order valence-corrected chi connectivity index (χ4v) is 3.18. The molecule has 0 aliphatic heterocycles. The molecule has 1 aromatic heterocycles. The van der Waals surface area contributed by atoms with Crippen molar-refractivity contribution in [3.8, 4) is 0 Å². The summed E-state index contributed by atoms with van der Waals surface area (Å²) in [6.07, 6.45) is 8.75. The number of hydrogen-bond donors (Lipinski definition) is 1. The Balaban J connectivity index is 1.77. The van der Waals surface area contributed by atoms with E-state index in [1.165, 1.54) is 30.4 Å². The molecule has 106 valence electrons. The Labute approximate surface area is 120 Å². The van der Waals surface area contributed by atoms with E-state index >= 15 is 0 Å². The van der Waals surface area contributed by atoms with Crippen molar-refractivity contribution in [2.45, 2.75) is 51.1 Å². The van der Waals surface area contributed by atoms with E-state index in [0.29, 0.717) is 5.92 Å². The monoisotopic (exact) mass is 269 g/mol. The van der Waals surface area contributed by atoms with E-state index in [4.69, 9.17) is 5.73 Å². The first-order valence-electron chi connectivity index (χ1n) is 7.63. The second-order valence-electron chi connectivity index (χ2n) is 5.80. The molecule has 2 aromatic rings. The van der Waals surface area contributed by atoms with Crippen molar-refractivity contribution in [1.82, 2.24) is 9.78 Å². The lowest BCUT2D eigenvalue weighted by molar-refractivity contribution is 0.457. The highest BCUT2D eigenvalue weighted by atomic mass is 15.3. The third kappa shape index (κ3) is 2.63. The summed E-state index contributed by atoms with van der Waals surface area (Å²) < 4.78 is 2.07. The molecule has 1 aromatic carbocycles. The van der Waals surface area contributed by atoms with Crippen LogP contribution in [0.4, 0.5) is 0 Å². The smallest absolute Gasteiger partial charge is 0.0537 e. The summed E-state index contributed by atoms with van der Waals surface area (Å²) in [4.78, 5) is 0. The molecule has 3 rings (SSSR count). The maximum atomic E-state index is 6.06. The standard InChI is InChI=1S/C17H23N3/c1-2-17(18)15-10-19-20(12-15)11-14-8-5-7-13-6-3-4-9-16(13)14/h3-4,6,9-10,12,14,17H,2,5,7-8,11,18H2,1H3. The quantitative estimate of drug-likeness (QED) is 0.924. The van der Waals surface area contributed by atoms with E-state index in [9.17, 15) is 0 Å². The van der Waals surface area contributed by atoms with Gasteiger partial charge >= 0.3 is 0 Å². The van der Waals surface area contributed by atoms with E-state index in [2.05, 4.69) is 47.2 Å². The largest absolute Gasteiger partial charge is 0.324 e. The molecule has 0 saturated heterocycles. The summed E-state index contributed by atoms with van der Waals surface area (Å²) in [5.74, 6) is 0.588. The number of hydrogen-bond acceptors (Lipinski definition) is 2. The molecule has 3 heteroatoms. The molecule has 2 atom stereocenters. The summed E-state index contributed by atoms with van der Waals surface area (Å²) in [7, 11) is 0. The van der Waals surface area contributed by atoms with Crippen LogP contribution in [-0.2, 0) is 13.0 Å². The van der Waals surface area contributed by atoms with Gasteiger partial charge in [0.05, 0.1) is 6.20 Å². The first-order valence-corrected chi connectivity index (χ1v) is 7.63. The third-order valence-corrected chi connectivity index (χ3v) is 4.42. The van der Waals surface area contributed by atoms with Crippen LogP contribution in [0.3, 0.4) is 0 Å². The molecule has 1 aliphatic rings. The van der Waals surface area contributed by atoms with Crippen LogP contribution in [0.25, 0.3) is 0 Å². The zero-order valence-electron chi connectivity index (χ0n) is 12.1. The molecule has 0 saturated carbocycles. The van der Waals surface area contributed by atoms with Gasteiger partial charge < -0.3 is 5.73 Å². The summed E-state index contributed by atoms with van der Waals surface area (Å²) >= 11 is 0. The van der Waals surface area contributed by atoms with Crippen LogP contribution in [0.2, 0.25) is 0 Å². The van der Waals surface area contributed by atoms with Gasteiger partial charge in [-0.05, 0) is 36.8 Å². The minimum atomic E-state index is 0.113. The normalized spacial score (nSPS) is 19.6. The molecule has 0 fully saturated rings. The van der Waals surface area contributed by atoms with Crippen LogP contribution in [0.15, 0.2) is 36.7 Å². The van der Waals surface area contributed by atoms with Gasteiger partial charge in [-0.3, -0.25) is 4.68 Å². The Hall–Kier alpha value is -1.61. The average Bonchev–Trinajstić information content (AvgIpc) is 2.95. The van der Waals surface area contributed by atoms with Crippen molar-refractivity contribution in [3.63, 3.8) is 0 Å². The van der Waals surface area contributed by atoms with Crippen LogP contribution in [0.1, 0.15) is 54.8 Å². The van der Waals surface area contributed by atoms with Gasteiger partial charge in [-0.15, -0.1) is 0 Å². The Morgan fingerprint density at radius 1 is 1.40 bits per heavy atom. The predicted molar refractivity (Wildman–Crippen MR) is 81.6 cm³/mol. The number of benzene rings is 1. The molecule has 2 unspecified atom stereocenters. The molecular weight excluding hydrogens is 246 g/mol. The maximum Gasteiger partial charge on any atom is 0.0537 e. The predicted octanol–water partition coefficient (Wildman–Crippen LogP) is 3.41. The van der Waals surface area contributed by atoms with Gasteiger partial charge in [0.25, 0.3) is 0 Å². The summed E-state index contributed by atoms with van der Waals surface area (Å²) in [6.45, 7) is 3.08. The molecular formula is C17H23N3. The Bertz CT molecular complexity index is 573. The van der Waals surface area contributed by atoms with Crippen molar-refractivity contribution < 1.29 is 0 Å². The molecule has 1 aliphatic carbocycles. The number of nitrogens with two attached hydrogens (primary N) is 1. The summed E-state index contributed by atoms with van der Waals surface area (Å²) in [5, 5.41) is 4.49. The Kier molecular flexibility index (Phi) is 3.88. The van der Waals surface area contributed by atoms with E-state index in [1.807, 2.05) is 6.20 Å².